The van der Waals surface area contributed by atoms with Gasteiger partial charge in [-0.2, -0.15) is 11.8 Å². The first-order chi connectivity index (χ1) is 9.36. The Morgan fingerprint density at radius 2 is 2.32 bits per heavy atom. The molecule has 104 valence electrons. The number of likely N-dealkylation sites (N-methyl/N-ethyl adjacent to an activating group) is 1. The summed E-state index contributed by atoms with van der Waals surface area (Å²) in [4.78, 5) is 0. The summed E-state index contributed by atoms with van der Waals surface area (Å²) in [7, 11) is 2.00. The van der Waals surface area contributed by atoms with Crippen LogP contribution in [0.2, 0.25) is 0 Å². The van der Waals surface area contributed by atoms with E-state index in [-0.39, 0.29) is 12.1 Å². The first-order valence-electron chi connectivity index (χ1n) is 7.00. The highest BCUT2D eigenvalue weighted by molar-refractivity contribution is 7.99. The van der Waals surface area contributed by atoms with Crippen LogP contribution in [0.5, 0.6) is 5.75 Å². The average Bonchev–Trinajstić information content (AvgIpc) is 3.25. The molecule has 2 fully saturated rings. The van der Waals surface area contributed by atoms with Crippen molar-refractivity contribution in [2.24, 2.45) is 0 Å². The van der Waals surface area contributed by atoms with Crippen LogP contribution in [0, 0.1) is 0 Å². The van der Waals surface area contributed by atoms with E-state index in [1.165, 1.54) is 18.4 Å². The number of benzene rings is 1. The van der Waals surface area contributed by atoms with Crippen molar-refractivity contribution in [1.29, 1.82) is 0 Å². The van der Waals surface area contributed by atoms with Crippen molar-refractivity contribution in [3.63, 3.8) is 0 Å². The summed E-state index contributed by atoms with van der Waals surface area (Å²) in [5.41, 5.74) is 1.26. The van der Waals surface area contributed by atoms with Gasteiger partial charge in [-0.3, -0.25) is 0 Å². The van der Waals surface area contributed by atoms with E-state index in [1.54, 1.807) is 0 Å². The molecule has 1 heterocycles. The van der Waals surface area contributed by atoms with Crippen LogP contribution in [0.3, 0.4) is 0 Å². The van der Waals surface area contributed by atoms with Crippen LogP contribution >= 0.6 is 11.8 Å². The van der Waals surface area contributed by atoms with Gasteiger partial charge in [0.05, 0.1) is 24.9 Å². The van der Waals surface area contributed by atoms with E-state index in [1.807, 2.05) is 24.9 Å². The summed E-state index contributed by atoms with van der Waals surface area (Å²) in [5.74, 6) is 3.15. The molecule has 4 heteroatoms. The SMILES string of the molecule is CNC(c1cccc(OC2CC2)c1)C1CSCCO1. The summed E-state index contributed by atoms with van der Waals surface area (Å²) in [6.07, 6.45) is 3.09. The van der Waals surface area contributed by atoms with Crippen molar-refractivity contribution < 1.29 is 9.47 Å². The van der Waals surface area contributed by atoms with Gasteiger partial charge in [0.25, 0.3) is 0 Å². The molecule has 1 aromatic rings. The predicted octanol–water partition coefficient (Wildman–Crippen LogP) is 2.62. The highest BCUT2D eigenvalue weighted by Crippen LogP contribution is 2.30. The van der Waals surface area contributed by atoms with E-state index in [9.17, 15) is 0 Å². The summed E-state index contributed by atoms with van der Waals surface area (Å²) in [5, 5.41) is 3.39. The zero-order valence-corrected chi connectivity index (χ0v) is 12.1. The summed E-state index contributed by atoms with van der Waals surface area (Å²) in [6.45, 7) is 0.853. The van der Waals surface area contributed by atoms with Gasteiger partial charge in [0.15, 0.2) is 0 Å². The van der Waals surface area contributed by atoms with Crippen LogP contribution in [0.4, 0.5) is 0 Å². The fourth-order valence-corrected chi connectivity index (χ4v) is 3.33. The van der Waals surface area contributed by atoms with Crippen LogP contribution in [0.15, 0.2) is 24.3 Å². The Balaban J connectivity index is 1.73. The van der Waals surface area contributed by atoms with Gasteiger partial charge >= 0.3 is 0 Å². The van der Waals surface area contributed by atoms with Crippen molar-refractivity contribution >= 4 is 11.8 Å². The van der Waals surface area contributed by atoms with E-state index in [0.717, 1.165) is 23.9 Å². The second-order valence-corrected chi connectivity index (χ2v) is 6.29. The lowest BCUT2D eigenvalue weighted by Crippen LogP contribution is -2.36. The second kappa shape index (κ2) is 6.16. The van der Waals surface area contributed by atoms with E-state index < -0.39 is 0 Å². The van der Waals surface area contributed by atoms with E-state index in [0.29, 0.717) is 6.10 Å². The van der Waals surface area contributed by atoms with Crippen molar-refractivity contribution in [2.75, 3.05) is 25.2 Å². The molecule has 2 atom stereocenters. The molecular formula is C15H21NO2S. The van der Waals surface area contributed by atoms with Crippen molar-refractivity contribution in [3.05, 3.63) is 29.8 Å². The minimum Gasteiger partial charge on any atom is -0.490 e. The number of rotatable bonds is 5. The summed E-state index contributed by atoms with van der Waals surface area (Å²) in [6, 6.07) is 8.68. The third-order valence-corrected chi connectivity index (χ3v) is 4.59. The van der Waals surface area contributed by atoms with Crippen LogP contribution in [-0.2, 0) is 4.74 Å². The molecule has 1 aromatic carbocycles. The molecule has 2 unspecified atom stereocenters. The Morgan fingerprint density at radius 1 is 1.42 bits per heavy atom. The lowest BCUT2D eigenvalue weighted by atomic mass is 10.0. The number of hydrogen-bond donors (Lipinski definition) is 1. The Kier molecular flexibility index (Phi) is 4.31. The highest BCUT2D eigenvalue weighted by Gasteiger charge is 2.26. The van der Waals surface area contributed by atoms with Crippen LogP contribution < -0.4 is 10.1 Å². The van der Waals surface area contributed by atoms with Gasteiger partial charge in [-0.1, -0.05) is 12.1 Å². The third kappa shape index (κ3) is 3.44. The monoisotopic (exact) mass is 279 g/mol. The normalized spacial score (nSPS) is 25.0. The zero-order chi connectivity index (χ0) is 13.1. The van der Waals surface area contributed by atoms with Crippen molar-refractivity contribution in [1.82, 2.24) is 5.32 Å². The topological polar surface area (TPSA) is 30.5 Å². The molecule has 0 amide bonds. The standard InChI is InChI=1S/C15H21NO2S/c1-16-15(14-10-19-8-7-17-14)11-3-2-4-13(9-11)18-12-5-6-12/h2-4,9,12,14-16H,5-8,10H2,1H3. The molecule has 0 radical (unpaired) electrons. The maximum absolute atomic E-state index is 5.89. The average molecular weight is 279 g/mol. The molecule has 0 bridgehead atoms. The number of thioether (sulfide) groups is 1. The predicted molar refractivity (Wildman–Crippen MR) is 79.0 cm³/mol. The molecule has 1 aliphatic carbocycles. The first kappa shape index (κ1) is 13.3. The zero-order valence-electron chi connectivity index (χ0n) is 11.3. The minimum absolute atomic E-state index is 0.246. The molecule has 1 saturated heterocycles. The summed E-state index contributed by atoms with van der Waals surface area (Å²) < 4.78 is 11.8. The van der Waals surface area contributed by atoms with Crippen LogP contribution in [-0.4, -0.2) is 37.4 Å². The third-order valence-electron chi connectivity index (χ3n) is 3.57. The number of nitrogens with one attached hydrogen (secondary N) is 1. The first-order valence-corrected chi connectivity index (χ1v) is 8.15. The smallest absolute Gasteiger partial charge is 0.120 e. The molecule has 2 aliphatic rings. The molecule has 0 spiro atoms. The molecule has 3 nitrogen and oxygen atoms in total. The lowest BCUT2D eigenvalue weighted by Gasteiger charge is -2.30. The molecule has 1 N–H and O–H groups in total. The Morgan fingerprint density at radius 3 is 3.00 bits per heavy atom. The summed E-state index contributed by atoms with van der Waals surface area (Å²) >= 11 is 1.97. The Labute approximate surface area is 119 Å². The highest BCUT2D eigenvalue weighted by atomic mass is 32.2. The Hall–Kier alpha value is -0.710. The van der Waals surface area contributed by atoms with Gasteiger partial charge in [0.1, 0.15) is 5.75 Å². The fourth-order valence-electron chi connectivity index (χ4n) is 2.43. The second-order valence-electron chi connectivity index (χ2n) is 5.14. The largest absolute Gasteiger partial charge is 0.490 e. The maximum Gasteiger partial charge on any atom is 0.120 e. The quantitative estimate of drug-likeness (QED) is 0.897. The van der Waals surface area contributed by atoms with Gasteiger partial charge in [-0.25, -0.2) is 0 Å². The molecule has 3 rings (SSSR count). The fraction of sp³-hybridized carbons (Fsp3) is 0.600. The van der Waals surface area contributed by atoms with E-state index in [2.05, 4.69) is 23.5 Å². The number of hydrogen-bond acceptors (Lipinski definition) is 4. The molecule has 0 aromatic heterocycles. The van der Waals surface area contributed by atoms with Crippen LogP contribution in [0.1, 0.15) is 24.4 Å². The van der Waals surface area contributed by atoms with Gasteiger partial charge in [-0.05, 0) is 37.6 Å². The Bertz CT molecular complexity index is 416. The minimum atomic E-state index is 0.246. The molecule has 19 heavy (non-hydrogen) atoms. The van der Waals surface area contributed by atoms with Crippen molar-refractivity contribution in [3.8, 4) is 5.75 Å². The van der Waals surface area contributed by atoms with E-state index >= 15 is 0 Å². The van der Waals surface area contributed by atoms with Gasteiger partial charge < -0.3 is 14.8 Å². The van der Waals surface area contributed by atoms with E-state index in [4.69, 9.17) is 9.47 Å². The lowest BCUT2D eigenvalue weighted by molar-refractivity contribution is 0.0488. The van der Waals surface area contributed by atoms with Gasteiger partial charge in [0.2, 0.25) is 0 Å². The molecule has 1 aliphatic heterocycles. The maximum atomic E-state index is 5.89. The molecular weight excluding hydrogens is 258 g/mol. The van der Waals surface area contributed by atoms with Gasteiger partial charge in [0, 0.05) is 11.5 Å². The number of ether oxygens (including phenoxy) is 2. The van der Waals surface area contributed by atoms with Gasteiger partial charge in [-0.15, -0.1) is 0 Å². The van der Waals surface area contributed by atoms with Crippen molar-refractivity contribution in [2.45, 2.75) is 31.1 Å². The molecule has 1 saturated carbocycles. The van der Waals surface area contributed by atoms with Crippen LogP contribution in [0.25, 0.3) is 0 Å².